The minimum absolute atomic E-state index is 0.00517. The van der Waals surface area contributed by atoms with Crippen LogP contribution in [-0.2, 0) is 11.3 Å². The van der Waals surface area contributed by atoms with Gasteiger partial charge >= 0.3 is 0 Å². The monoisotopic (exact) mass is 463 g/mol. The summed E-state index contributed by atoms with van der Waals surface area (Å²) in [4.78, 5) is 30.0. The van der Waals surface area contributed by atoms with E-state index in [0.717, 1.165) is 24.1 Å². The molecule has 2 amide bonds. The van der Waals surface area contributed by atoms with Gasteiger partial charge in [0, 0.05) is 37.2 Å². The number of nitrogens with one attached hydrogen (secondary N) is 1. The van der Waals surface area contributed by atoms with E-state index in [9.17, 15) is 9.59 Å². The summed E-state index contributed by atoms with van der Waals surface area (Å²) in [7, 11) is 0. The molecule has 3 rings (SSSR count). The van der Waals surface area contributed by atoms with Gasteiger partial charge in [-0.25, -0.2) is 0 Å². The van der Waals surface area contributed by atoms with E-state index in [2.05, 4.69) is 43.0 Å². The minimum atomic E-state index is -0.525. The van der Waals surface area contributed by atoms with Gasteiger partial charge in [-0.1, -0.05) is 26.0 Å². The molecule has 1 unspecified atom stereocenters. The van der Waals surface area contributed by atoms with Crippen LogP contribution in [0.1, 0.15) is 29.8 Å². The predicted molar refractivity (Wildman–Crippen MR) is 116 cm³/mol. The largest absolute Gasteiger partial charge is 0.340 e. The topological polar surface area (TPSA) is 52.7 Å². The van der Waals surface area contributed by atoms with Crippen LogP contribution < -0.4 is 5.32 Å². The molecule has 2 heterocycles. The van der Waals surface area contributed by atoms with Gasteiger partial charge in [0.2, 0.25) is 5.91 Å². The smallest absolute Gasteiger partial charge is 0.253 e. The molecule has 1 atom stereocenters. The number of hydrogen-bond acceptors (Lipinski definition) is 4. The van der Waals surface area contributed by atoms with Crippen LogP contribution in [0.5, 0.6) is 0 Å². The summed E-state index contributed by atoms with van der Waals surface area (Å²) in [6.45, 7) is 7.95. The summed E-state index contributed by atoms with van der Waals surface area (Å²) >= 11 is 5.12. The highest BCUT2D eigenvalue weighted by Gasteiger charge is 2.31. The Kier molecular flexibility index (Phi) is 7.26. The number of carbonyl (C=O) groups is 2. The SMILES string of the molecule is CC(C)C(NC(=O)c1ccccc1Br)C(=O)N1CCN(Cc2ccsc2)CC1. The van der Waals surface area contributed by atoms with Crippen LogP contribution in [0.3, 0.4) is 0 Å². The maximum atomic E-state index is 13.1. The van der Waals surface area contributed by atoms with Crippen molar-refractivity contribution in [3.63, 3.8) is 0 Å². The van der Waals surface area contributed by atoms with Crippen molar-refractivity contribution < 1.29 is 9.59 Å². The molecule has 0 saturated carbocycles. The third kappa shape index (κ3) is 5.21. The van der Waals surface area contributed by atoms with Crippen LogP contribution in [0.4, 0.5) is 0 Å². The van der Waals surface area contributed by atoms with Gasteiger partial charge in [0.1, 0.15) is 6.04 Å². The lowest BCUT2D eigenvalue weighted by molar-refractivity contribution is -0.136. The average Bonchev–Trinajstić information content (AvgIpc) is 3.19. The highest BCUT2D eigenvalue weighted by molar-refractivity contribution is 9.10. The molecule has 1 N–H and O–H groups in total. The maximum absolute atomic E-state index is 13.1. The fourth-order valence-corrected chi connectivity index (χ4v) is 4.47. The zero-order chi connectivity index (χ0) is 20.1. The van der Waals surface area contributed by atoms with E-state index in [0.29, 0.717) is 18.7 Å². The maximum Gasteiger partial charge on any atom is 0.253 e. The van der Waals surface area contributed by atoms with E-state index in [1.165, 1.54) is 5.56 Å². The van der Waals surface area contributed by atoms with Crippen molar-refractivity contribution in [2.24, 2.45) is 5.92 Å². The van der Waals surface area contributed by atoms with Gasteiger partial charge in [-0.3, -0.25) is 14.5 Å². The van der Waals surface area contributed by atoms with Crippen LogP contribution >= 0.6 is 27.3 Å². The van der Waals surface area contributed by atoms with Crippen LogP contribution in [0.25, 0.3) is 0 Å². The van der Waals surface area contributed by atoms with E-state index < -0.39 is 6.04 Å². The standard InChI is InChI=1S/C21H26BrN3O2S/c1-15(2)19(23-20(26)17-5-3-4-6-18(17)22)21(27)25-10-8-24(9-11-25)13-16-7-12-28-14-16/h3-7,12,14-15,19H,8-11,13H2,1-2H3,(H,23,26). The Morgan fingerprint density at radius 3 is 2.46 bits per heavy atom. The van der Waals surface area contributed by atoms with Crippen molar-refractivity contribution in [2.45, 2.75) is 26.4 Å². The fraction of sp³-hybridized carbons (Fsp3) is 0.429. The summed E-state index contributed by atoms with van der Waals surface area (Å²) in [6, 6.07) is 8.88. The Morgan fingerprint density at radius 1 is 1.14 bits per heavy atom. The zero-order valence-electron chi connectivity index (χ0n) is 16.2. The second-order valence-corrected chi connectivity index (χ2v) is 9.04. The highest BCUT2D eigenvalue weighted by atomic mass is 79.9. The van der Waals surface area contributed by atoms with Gasteiger partial charge in [-0.2, -0.15) is 11.3 Å². The number of piperazine rings is 1. The molecule has 1 aromatic carbocycles. The molecular formula is C21H26BrN3O2S. The summed E-state index contributed by atoms with van der Waals surface area (Å²) < 4.78 is 0.726. The van der Waals surface area contributed by atoms with Gasteiger partial charge in [0.05, 0.1) is 5.56 Å². The number of amides is 2. The Labute approximate surface area is 178 Å². The van der Waals surface area contributed by atoms with E-state index in [-0.39, 0.29) is 17.7 Å². The third-order valence-electron chi connectivity index (χ3n) is 5.01. The first kappa shape index (κ1) is 21.0. The molecule has 7 heteroatoms. The second-order valence-electron chi connectivity index (χ2n) is 7.41. The second kappa shape index (κ2) is 9.67. The Bertz CT molecular complexity index is 802. The van der Waals surface area contributed by atoms with Crippen molar-refractivity contribution >= 4 is 39.1 Å². The highest BCUT2D eigenvalue weighted by Crippen LogP contribution is 2.18. The molecule has 0 bridgehead atoms. The molecule has 0 spiro atoms. The number of halogens is 1. The first-order valence-electron chi connectivity index (χ1n) is 9.53. The van der Waals surface area contributed by atoms with Gasteiger partial charge in [-0.15, -0.1) is 0 Å². The summed E-state index contributed by atoms with van der Waals surface area (Å²) in [5.41, 5.74) is 1.87. The van der Waals surface area contributed by atoms with Gasteiger partial charge < -0.3 is 10.2 Å². The molecule has 0 radical (unpaired) electrons. The lowest BCUT2D eigenvalue weighted by Gasteiger charge is -2.37. The molecule has 1 saturated heterocycles. The van der Waals surface area contributed by atoms with E-state index in [1.54, 1.807) is 17.4 Å². The number of benzene rings is 1. The van der Waals surface area contributed by atoms with Crippen LogP contribution in [-0.4, -0.2) is 53.8 Å². The normalized spacial score (nSPS) is 16.2. The van der Waals surface area contributed by atoms with Crippen molar-refractivity contribution in [2.75, 3.05) is 26.2 Å². The van der Waals surface area contributed by atoms with Gasteiger partial charge in [-0.05, 0) is 56.4 Å². The van der Waals surface area contributed by atoms with E-state index in [1.807, 2.05) is 36.9 Å². The number of rotatable bonds is 6. The number of hydrogen-bond donors (Lipinski definition) is 1. The number of nitrogens with zero attached hydrogens (tertiary/aromatic N) is 2. The van der Waals surface area contributed by atoms with Crippen molar-refractivity contribution in [1.29, 1.82) is 0 Å². The fourth-order valence-electron chi connectivity index (χ4n) is 3.34. The summed E-state index contributed by atoms with van der Waals surface area (Å²) in [5, 5.41) is 7.21. The molecule has 1 aliphatic rings. The van der Waals surface area contributed by atoms with E-state index in [4.69, 9.17) is 0 Å². The lowest BCUT2D eigenvalue weighted by Crippen LogP contribution is -2.56. The van der Waals surface area contributed by atoms with Crippen molar-refractivity contribution in [3.05, 3.63) is 56.7 Å². The Hall–Kier alpha value is -1.70. The van der Waals surface area contributed by atoms with Gasteiger partial charge in [0.15, 0.2) is 0 Å². The Morgan fingerprint density at radius 2 is 1.86 bits per heavy atom. The number of thiophene rings is 1. The molecule has 5 nitrogen and oxygen atoms in total. The summed E-state index contributed by atoms with van der Waals surface area (Å²) in [6.07, 6.45) is 0. The molecule has 150 valence electrons. The molecule has 2 aromatic rings. The molecule has 28 heavy (non-hydrogen) atoms. The van der Waals surface area contributed by atoms with Crippen molar-refractivity contribution in [1.82, 2.24) is 15.1 Å². The summed E-state index contributed by atoms with van der Waals surface area (Å²) in [5.74, 6) is -0.205. The number of carbonyl (C=O) groups excluding carboxylic acids is 2. The van der Waals surface area contributed by atoms with Crippen LogP contribution in [0, 0.1) is 5.92 Å². The van der Waals surface area contributed by atoms with E-state index >= 15 is 0 Å². The van der Waals surface area contributed by atoms with Crippen LogP contribution in [0.2, 0.25) is 0 Å². The first-order chi connectivity index (χ1) is 13.5. The predicted octanol–water partition coefficient (Wildman–Crippen LogP) is 3.61. The molecule has 1 aromatic heterocycles. The molecule has 1 aliphatic heterocycles. The van der Waals surface area contributed by atoms with Crippen LogP contribution in [0.15, 0.2) is 45.6 Å². The third-order valence-corrected chi connectivity index (χ3v) is 6.43. The van der Waals surface area contributed by atoms with Crippen molar-refractivity contribution in [3.8, 4) is 0 Å². The first-order valence-corrected chi connectivity index (χ1v) is 11.3. The quantitative estimate of drug-likeness (QED) is 0.711. The Balaban J connectivity index is 1.59. The zero-order valence-corrected chi connectivity index (χ0v) is 18.6. The minimum Gasteiger partial charge on any atom is -0.340 e. The van der Waals surface area contributed by atoms with Gasteiger partial charge in [0.25, 0.3) is 5.91 Å². The lowest BCUT2D eigenvalue weighted by atomic mass is 10.0. The molecule has 1 fully saturated rings. The molecule has 0 aliphatic carbocycles. The molecular weight excluding hydrogens is 438 g/mol. The average molecular weight is 464 g/mol.